The molecule has 0 radical (unpaired) electrons. The molecular formula is C21H26N4O2S. The molecule has 0 atom stereocenters. The molecule has 0 bridgehead atoms. The quantitative estimate of drug-likeness (QED) is 0.570. The summed E-state index contributed by atoms with van der Waals surface area (Å²) in [7, 11) is 0. The number of hydrogen-bond acceptors (Lipinski definition) is 6. The number of carbonyl (C=O) groups is 1. The van der Waals surface area contributed by atoms with Crippen molar-refractivity contribution in [2.24, 2.45) is 0 Å². The summed E-state index contributed by atoms with van der Waals surface area (Å²) in [6.07, 6.45) is 2.22. The summed E-state index contributed by atoms with van der Waals surface area (Å²) < 4.78 is 5.43. The number of amides is 1. The lowest BCUT2D eigenvalue weighted by molar-refractivity contribution is 0.0792. The van der Waals surface area contributed by atoms with E-state index in [1.807, 2.05) is 36.1 Å². The van der Waals surface area contributed by atoms with Gasteiger partial charge in [0.15, 0.2) is 5.16 Å². The first-order valence-electron chi connectivity index (χ1n) is 9.88. The van der Waals surface area contributed by atoms with Crippen LogP contribution in [-0.2, 0) is 10.5 Å². The van der Waals surface area contributed by atoms with Gasteiger partial charge in [-0.3, -0.25) is 4.79 Å². The van der Waals surface area contributed by atoms with E-state index in [-0.39, 0.29) is 5.91 Å². The topological polar surface area (TPSA) is 58.6 Å². The Labute approximate surface area is 170 Å². The first kappa shape index (κ1) is 19.2. The predicted molar refractivity (Wildman–Crippen MR) is 111 cm³/mol. The van der Waals surface area contributed by atoms with Crippen LogP contribution in [0.25, 0.3) is 0 Å². The number of aryl methyl sites for hydroxylation is 1. The van der Waals surface area contributed by atoms with Gasteiger partial charge in [-0.2, -0.15) is 0 Å². The highest BCUT2D eigenvalue weighted by Crippen LogP contribution is 2.24. The zero-order chi connectivity index (χ0) is 19.3. The Morgan fingerprint density at radius 1 is 1.11 bits per heavy atom. The van der Waals surface area contributed by atoms with Gasteiger partial charge in [0.1, 0.15) is 5.82 Å². The summed E-state index contributed by atoms with van der Waals surface area (Å²) in [6, 6.07) is 9.98. The molecule has 2 fully saturated rings. The lowest BCUT2D eigenvalue weighted by Gasteiger charge is -2.28. The number of thioether (sulfide) groups is 1. The van der Waals surface area contributed by atoms with Crippen molar-refractivity contribution in [3.8, 4) is 0 Å². The van der Waals surface area contributed by atoms with Gasteiger partial charge in [0.25, 0.3) is 5.91 Å². The molecular weight excluding hydrogens is 372 g/mol. The van der Waals surface area contributed by atoms with Gasteiger partial charge in [0.05, 0.1) is 13.2 Å². The minimum atomic E-state index is 0.144. The minimum Gasteiger partial charge on any atom is -0.378 e. The molecule has 0 saturated carbocycles. The summed E-state index contributed by atoms with van der Waals surface area (Å²) in [6.45, 7) is 6.96. The maximum absolute atomic E-state index is 12.6. The van der Waals surface area contributed by atoms with Gasteiger partial charge in [0, 0.05) is 49.3 Å². The number of aromatic nitrogens is 2. The van der Waals surface area contributed by atoms with Crippen LogP contribution in [0, 0.1) is 6.92 Å². The number of ether oxygens (including phenoxy) is 1. The van der Waals surface area contributed by atoms with E-state index in [0.29, 0.717) is 0 Å². The smallest absolute Gasteiger partial charge is 0.253 e. The Hall–Kier alpha value is -2.12. The lowest BCUT2D eigenvalue weighted by Crippen LogP contribution is -2.36. The molecule has 0 unspecified atom stereocenters. The van der Waals surface area contributed by atoms with Crippen LogP contribution in [-0.4, -0.2) is 60.2 Å². The number of likely N-dealkylation sites (tertiary alicyclic amines) is 1. The van der Waals surface area contributed by atoms with Crippen molar-refractivity contribution >= 4 is 23.5 Å². The van der Waals surface area contributed by atoms with Crippen LogP contribution < -0.4 is 4.90 Å². The third-order valence-corrected chi connectivity index (χ3v) is 6.01. The van der Waals surface area contributed by atoms with Crippen LogP contribution in [0.2, 0.25) is 0 Å². The molecule has 1 amide bonds. The van der Waals surface area contributed by atoms with Crippen molar-refractivity contribution < 1.29 is 9.53 Å². The van der Waals surface area contributed by atoms with Gasteiger partial charge >= 0.3 is 0 Å². The van der Waals surface area contributed by atoms with Gasteiger partial charge in [-0.25, -0.2) is 9.97 Å². The first-order chi connectivity index (χ1) is 13.7. The molecule has 2 saturated heterocycles. The summed E-state index contributed by atoms with van der Waals surface area (Å²) >= 11 is 1.61. The zero-order valence-electron chi connectivity index (χ0n) is 16.3. The molecule has 6 nitrogen and oxygen atoms in total. The lowest BCUT2D eigenvalue weighted by atomic mass is 10.1. The molecule has 0 N–H and O–H groups in total. The third-order valence-electron chi connectivity index (χ3n) is 5.09. The van der Waals surface area contributed by atoms with Crippen molar-refractivity contribution in [2.45, 2.75) is 30.7 Å². The van der Waals surface area contributed by atoms with E-state index < -0.39 is 0 Å². The van der Waals surface area contributed by atoms with Crippen LogP contribution in [0.5, 0.6) is 0 Å². The van der Waals surface area contributed by atoms with Crippen molar-refractivity contribution in [3.05, 3.63) is 47.2 Å². The van der Waals surface area contributed by atoms with E-state index in [0.717, 1.165) is 85.8 Å². The van der Waals surface area contributed by atoms with Gasteiger partial charge in [-0.1, -0.05) is 23.9 Å². The second kappa shape index (κ2) is 8.92. The molecule has 1 aromatic carbocycles. The fourth-order valence-corrected chi connectivity index (χ4v) is 4.43. The molecule has 2 aliphatic rings. The van der Waals surface area contributed by atoms with E-state index in [4.69, 9.17) is 9.72 Å². The number of anilines is 1. The highest BCUT2D eigenvalue weighted by molar-refractivity contribution is 7.98. The van der Waals surface area contributed by atoms with E-state index in [1.54, 1.807) is 11.8 Å². The van der Waals surface area contributed by atoms with Gasteiger partial charge in [-0.05, 0) is 37.5 Å². The molecule has 0 spiro atoms. The summed E-state index contributed by atoms with van der Waals surface area (Å²) in [4.78, 5) is 26.1. The fraction of sp³-hybridized carbons (Fsp3) is 0.476. The van der Waals surface area contributed by atoms with Crippen LogP contribution in [0.4, 0.5) is 5.82 Å². The molecule has 1 aromatic heterocycles. The Kier molecular flexibility index (Phi) is 6.12. The van der Waals surface area contributed by atoms with Crippen LogP contribution >= 0.6 is 11.8 Å². The van der Waals surface area contributed by atoms with Crippen LogP contribution in [0.15, 0.2) is 35.5 Å². The molecule has 2 aromatic rings. The predicted octanol–water partition coefficient (Wildman–Crippen LogP) is 3.15. The van der Waals surface area contributed by atoms with E-state index in [1.165, 1.54) is 0 Å². The highest BCUT2D eigenvalue weighted by Gasteiger charge is 2.19. The second-order valence-corrected chi connectivity index (χ2v) is 8.18. The molecule has 2 aliphatic heterocycles. The monoisotopic (exact) mass is 398 g/mol. The average Bonchev–Trinajstić information content (AvgIpc) is 3.27. The van der Waals surface area contributed by atoms with Crippen molar-refractivity contribution in [1.82, 2.24) is 14.9 Å². The summed E-state index contributed by atoms with van der Waals surface area (Å²) in [5.74, 6) is 1.86. The Bertz CT molecular complexity index is 833. The first-order valence-corrected chi connectivity index (χ1v) is 10.9. The Morgan fingerprint density at radius 2 is 1.89 bits per heavy atom. The SMILES string of the molecule is Cc1cc(N2CCOCC2)nc(SCc2cccc(C(=O)N3CCCC3)c2)n1. The molecule has 28 heavy (non-hydrogen) atoms. The fourth-order valence-electron chi connectivity index (χ4n) is 3.59. The number of morpholine rings is 1. The van der Waals surface area contributed by atoms with Crippen molar-refractivity contribution in [3.63, 3.8) is 0 Å². The van der Waals surface area contributed by atoms with Gasteiger partial charge < -0.3 is 14.5 Å². The van der Waals surface area contributed by atoms with Gasteiger partial charge in [-0.15, -0.1) is 0 Å². The summed E-state index contributed by atoms with van der Waals surface area (Å²) in [5.41, 5.74) is 2.86. The Balaban J connectivity index is 1.43. The number of benzene rings is 1. The molecule has 148 valence electrons. The van der Waals surface area contributed by atoms with E-state index in [2.05, 4.69) is 16.0 Å². The van der Waals surface area contributed by atoms with Crippen LogP contribution in [0.3, 0.4) is 0 Å². The maximum atomic E-state index is 12.6. The molecule has 0 aliphatic carbocycles. The normalized spacial score (nSPS) is 17.2. The zero-order valence-corrected chi connectivity index (χ0v) is 17.1. The Morgan fingerprint density at radius 3 is 2.68 bits per heavy atom. The minimum absolute atomic E-state index is 0.144. The standard InChI is InChI=1S/C21H26N4O2S/c1-16-13-19(24-9-11-27-12-10-24)23-21(22-16)28-15-17-5-4-6-18(14-17)20(26)25-7-2-3-8-25/h4-6,13-14H,2-3,7-12,15H2,1H3. The molecule has 3 heterocycles. The molecule has 7 heteroatoms. The van der Waals surface area contributed by atoms with Crippen molar-refractivity contribution in [1.29, 1.82) is 0 Å². The van der Waals surface area contributed by atoms with Crippen LogP contribution in [0.1, 0.15) is 34.5 Å². The number of hydrogen-bond donors (Lipinski definition) is 0. The largest absolute Gasteiger partial charge is 0.378 e. The third kappa shape index (κ3) is 4.64. The average molecular weight is 399 g/mol. The summed E-state index contributed by atoms with van der Waals surface area (Å²) in [5, 5.41) is 0.776. The number of carbonyl (C=O) groups excluding carboxylic acids is 1. The number of rotatable bonds is 5. The van der Waals surface area contributed by atoms with E-state index in [9.17, 15) is 4.79 Å². The highest BCUT2D eigenvalue weighted by atomic mass is 32.2. The van der Waals surface area contributed by atoms with Gasteiger partial charge in [0.2, 0.25) is 0 Å². The maximum Gasteiger partial charge on any atom is 0.253 e. The second-order valence-electron chi connectivity index (χ2n) is 7.24. The molecule has 4 rings (SSSR count). The van der Waals surface area contributed by atoms with E-state index >= 15 is 0 Å². The van der Waals surface area contributed by atoms with Crippen molar-refractivity contribution in [2.75, 3.05) is 44.3 Å². The number of nitrogens with zero attached hydrogens (tertiary/aromatic N) is 4.